The molecule has 0 bridgehead atoms. The van der Waals surface area contributed by atoms with Crippen molar-refractivity contribution in [3.8, 4) is 0 Å². The molecule has 0 radical (unpaired) electrons. The number of carbonyl (C=O) groups is 1. The highest BCUT2D eigenvalue weighted by atomic mass is 16.1. The van der Waals surface area contributed by atoms with Crippen molar-refractivity contribution in [1.29, 1.82) is 0 Å². The van der Waals surface area contributed by atoms with Crippen LogP contribution in [0.3, 0.4) is 0 Å². The minimum atomic E-state index is -0.0484. The Balaban J connectivity index is 2.00. The quantitative estimate of drug-likeness (QED) is 0.731. The van der Waals surface area contributed by atoms with Gasteiger partial charge in [0.15, 0.2) is 0 Å². The highest BCUT2D eigenvalue weighted by Crippen LogP contribution is 2.36. The van der Waals surface area contributed by atoms with Crippen LogP contribution in [0.5, 0.6) is 0 Å². The van der Waals surface area contributed by atoms with Crippen LogP contribution in [0.15, 0.2) is 0 Å². The van der Waals surface area contributed by atoms with Crippen molar-refractivity contribution in [3.05, 3.63) is 0 Å². The molecule has 0 spiro atoms. The van der Waals surface area contributed by atoms with Crippen molar-refractivity contribution in [3.63, 3.8) is 0 Å². The topological polar surface area (TPSA) is 29.1 Å². The van der Waals surface area contributed by atoms with Crippen LogP contribution in [0.1, 0.15) is 45.4 Å². The average molecular weight is 195 g/mol. The Morgan fingerprint density at radius 1 is 1.29 bits per heavy atom. The molecular formula is C12H21NO. The Kier molecular flexibility index (Phi) is 2.91. The number of rotatable bonds is 2. The van der Waals surface area contributed by atoms with Crippen molar-refractivity contribution >= 4 is 5.78 Å². The molecule has 0 aromatic carbocycles. The molecule has 1 saturated carbocycles. The second-order valence-electron chi connectivity index (χ2n) is 5.19. The molecular weight excluding hydrogens is 174 g/mol. The third kappa shape index (κ3) is 1.85. The first-order valence-electron chi connectivity index (χ1n) is 5.97. The molecule has 2 heteroatoms. The second kappa shape index (κ2) is 4.01. The lowest BCUT2D eigenvalue weighted by molar-refractivity contribution is -0.132. The first-order chi connectivity index (χ1) is 6.72. The van der Waals surface area contributed by atoms with E-state index in [0.29, 0.717) is 11.7 Å². The minimum absolute atomic E-state index is 0.0484. The SMILES string of the molecule is CC1(C(=O)C2CCCC2)CCCNC1. The molecule has 1 atom stereocenters. The molecule has 1 N–H and O–H groups in total. The third-order valence-electron chi connectivity index (χ3n) is 3.92. The number of piperidine rings is 1. The summed E-state index contributed by atoms with van der Waals surface area (Å²) in [5.74, 6) is 0.933. The minimum Gasteiger partial charge on any atom is -0.316 e. The van der Waals surface area contributed by atoms with Gasteiger partial charge in [0.2, 0.25) is 0 Å². The molecule has 2 nitrogen and oxygen atoms in total. The number of nitrogens with one attached hydrogen (secondary N) is 1. The van der Waals surface area contributed by atoms with E-state index in [-0.39, 0.29) is 5.41 Å². The fourth-order valence-electron chi connectivity index (χ4n) is 2.95. The summed E-state index contributed by atoms with van der Waals surface area (Å²) in [6.45, 7) is 4.15. The van der Waals surface area contributed by atoms with Crippen LogP contribution in [-0.4, -0.2) is 18.9 Å². The predicted molar refractivity (Wildman–Crippen MR) is 57.2 cm³/mol. The van der Waals surface area contributed by atoms with Gasteiger partial charge >= 0.3 is 0 Å². The standard InChI is InChI=1S/C12H21NO/c1-12(7-4-8-13-9-12)11(14)10-5-2-3-6-10/h10,13H,2-9H2,1H3. The van der Waals surface area contributed by atoms with Crippen LogP contribution in [0.2, 0.25) is 0 Å². The summed E-state index contributed by atoms with van der Waals surface area (Å²) in [4.78, 5) is 12.3. The van der Waals surface area contributed by atoms with E-state index >= 15 is 0 Å². The second-order valence-corrected chi connectivity index (χ2v) is 5.19. The Bertz CT molecular complexity index is 212. The molecule has 1 aliphatic carbocycles. The maximum Gasteiger partial charge on any atom is 0.143 e. The van der Waals surface area contributed by atoms with Crippen LogP contribution < -0.4 is 5.32 Å². The van der Waals surface area contributed by atoms with Gasteiger partial charge in [0, 0.05) is 17.9 Å². The van der Waals surface area contributed by atoms with Gasteiger partial charge in [-0.25, -0.2) is 0 Å². The maximum atomic E-state index is 12.3. The van der Waals surface area contributed by atoms with Crippen LogP contribution in [0.4, 0.5) is 0 Å². The van der Waals surface area contributed by atoms with Gasteiger partial charge in [0.25, 0.3) is 0 Å². The van der Waals surface area contributed by atoms with Gasteiger partial charge in [-0.1, -0.05) is 19.8 Å². The highest BCUT2D eigenvalue weighted by Gasteiger charge is 2.39. The number of hydrogen-bond donors (Lipinski definition) is 1. The van der Waals surface area contributed by atoms with Crippen LogP contribution in [0.25, 0.3) is 0 Å². The number of hydrogen-bond acceptors (Lipinski definition) is 2. The van der Waals surface area contributed by atoms with E-state index in [4.69, 9.17) is 0 Å². The molecule has 2 rings (SSSR count). The van der Waals surface area contributed by atoms with Gasteiger partial charge in [0.05, 0.1) is 0 Å². The van der Waals surface area contributed by atoms with Gasteiger partial charge < -0.3 is 5.32 Å². The van der Waals surface area contributed by atoms with E-state index in [0.717, 1.165) is 38.8 Å². The molecule has 14 heavy (non-hydrogen) atoms. The number of carbonyl (C=O) groups excluding carboxylic acids is 1. The summed E-state index contributed by atoms with van der Waals surface area (Å²) in [6.07, 6.45) is 7.08. The van der Waals surface area contributed by atoms with Gasteiger partial charge in [-0.05, 0) is 32.2 Å². The van der Waals surface area contributed by atoms with Crippen molar-refractivity contribution in [2.45, 2.75) is 45.4 Å². The highest BCUT2D eigenvalue weighted by molar-refractivity contribution is 5.87. The van der Waals surface area contributed by atoms with Crippen molar-refractivity contribution in [2.24, 2.45) is 11.3 Å². The molecule has 1 heterocycles. The normalized spacial score (nSPS) is 34.6. The number of Topliss-reactive ketones (excluding diaryl/α,β-unsaturated/α-hetero) is 1. The smallest absolute Gasteiger partial charge is 0.143 e. The predicted octanol–water partition coefficient (Wildman–Crippen LogP) is 2.14. The summed E-state index contributed by atoms with van der Waals surface area (Å²) in [7, 11) is 0. The monoisotopic (exact) mass is 195 g/mol. The van der Waals surface area contributed by atoms with Crippen LogP contribution in [0, 0.1) is 11.3 Å². The van der Waals surface area contributed by atoms with Gasteiger partial charge in [0.1, 0.15) is 5.78 Å². The zero-order valence-electron chi connectivity index (χ0n) is 9.14. The van der Waals surface area contributed by atoms with Gasteiger partial charge in [-0.2, -0.15) is 0 Å². The fraction of sp³-hybridized carbons (Fsp3) is 0.917. The Labute approximate surface area is 86.5 Å². The average Bonchev–Trinajstić information content (AvgIpc) is 2.70. The Morgan fingerprint density at radius 2 is 2.00 bits per heavy atom. The lowest BCUT2D eigenvalue weighted by atomic mass is 9.74. The van der Waals surface area contributed by atoms with Crippen LogP contribution >= 0.6 is 0 Å². The van der Waals surface area contributed by atoms with Crippen molar-refractivity contribution in [2.75, 3.05) is 13.1 Å². The molecule has 2 fully saturated rings. The van der Waals surface area contributed by atoms with E-state index in [1.165, 1.54) is 12.8 Å². The van der Waals surface area contributed by atoms with E-state index < -0.39 is 0 Å². The maximum absolute atomic E-state index is 12.3. The summed E-state index contributed by atoms with van der Waals surface area (Å²) >= 11 is 0. The summed E-state index contributed by atoms with van der Waals surface area (Å²) < 4.78 is 0. The molecule has 80 valence electrons. The molecule has 0 aromatic heterocycles. The van der Waals surface area contributed by atoms with E-state index in [1.807, 2.05) is 0 Å². The van der Waals surface area contributed by atoms with Gasteiger partial charge in [-0.3, -0.25) is 4.79 Å². The zero-order chi connectivity index (χ0) is 10.0. The van der Waals surface area contributed by atoms with E-state index in [1.54, 1.807) is 0 Å². The molecule has 1 unspecified atom stereocenters. The number of ketones is 1. The largest absolute Gasteiger partial charge is 0.316 e. The van der Waals surface area contributed by atoms with Crippen molar-refractivity contribution in [1.82, 2.24) is 5.32 Å². The third-order valence-corrected chi connectivity index (χ3v) is 3.92. The lowest BCUT2D eigenvalue weighted by Gasteiger charge is -2.34. The molecule has 0 aromatic rings. The van der Waals surface area contributed by atoms with Crippen molar-refractivity contribution < 1.29 is 4.79 Å². The Hall–Kier alpha value is -0.370. The molecule has 0 amide bonds. The summed E-state index contributed by atoms with van der Waals surface area (Å²) in [6, 6.07) is 0. The summed E-state index contributed by atoms with van der Waals surface area (Å²) in [5, 5.41) is 3.36. The van der Waals surface area contributed by atoms with E-state index in [2.05, 4.69) is 12.2 Å². The lowest BCUT2D eigenvalue weighted by Crippen LogP contribution is -2.45. The Morgan fingerprint density at radius 3 is 2.57 bits per heavy atom. The molecule has 1 saturated heterocycles. The van der Waals surface area contributed by atoms with Crippen LogP contribution in [-0.2, 0) is 4.79 Å². The van der Waals surface area contributed by atoms with Gasteiger partial charge in [-0.15, -0.1) is 0 Å². The zero-order valence-corrected chi connectivity index (χ0v) is 9.14. The molecule has 1 aliphatic heterocycles. The summed E-state index contributed by atoms with van der Waals surface area (Å²) in [5.41, 5.74) is -0.0484. The molecule has 2 aliphatic rings. The van der Waals surface area contributed by atoms with E-state index in [9.17, 15) is 4.79 Å². The fourth-order valence-corrected chi connectivity index (χ4v) is 2.95. The first-order valence-corrected chi connectivity index (χ1v) is 5.97. The first kappa shape index (κ1) is 10.2.